The Hall–Kier alpha value is -8.11. The molecule has 0 fully saturated rings. The average molecular weight is 1040 g/mol. The molecule has 5 nitrogen and oxygen atoms in total. The van der Waals surface area contributed by atoms with Gasteiger partial charge in [-0.2, -0.15) is 0 Å². The number of fused-ring (bicyclic) bond motifs is 17. The number of rotatable bonds is 4. The van der Waals surface area contributed by atoms with Crippen molar-refractivity contribution in [1.29, 1.82) is 0 Å². The highest BCUT2D eigenvalue weighted by atomic mass is 127. The Morgan fingerprint density at radius 1 is 0.423 bits per heavy atom. The average Bonchev–Trinajstić information content (AvgIpc) is 4.15. The number of aromatic nitrogens is 5. The van der Waals surface area contributed by atoms with Gasteiger partial charge in [-0.1, -0.05) is 160 Å². The first-order valence-corrected chi connectivity index (χ1v) is 27.1. The molecule has 5 aromatic heterocycles. The molecular formula is C64H38IN5S. The van der Waals surface area contributed by atoms with E-state index in [0.717, 1.165) is 39.3 Å². The second-order valence-electron chi connectivity index (χ2n) is 18.6. The zero-order valence-corrected chi connectivity index (χ0v) is 40.9. The third kappa shape index (κ3) is 5.39. The van der Waals surface area contributed by atoms with Crippen LogP contribution in [0.15, 0.2) is 240 Å². The molecule has 1 unspecified atom stereocenters. The molecule has 16 rings (SSSR count). The second kappa shape index (κ2) is 14.9. The van der Waals surface area contributed by atoms with Gasteiger partial charge >= 0.3 is 0 Å². The summed E-state index contributed by atoms with van der Waals surface area (Å²) in [5, 5.41) is 7.38. The van der Waals surface area contributed by atoms with Crippen LogP contribution in [-0.2, 0) is 5.41 Å². The molecule has 1 aliphatic carbocycles. The minimum Gasteiger partial charge on any atom is -0.309 e. The monoisotopic (exact) mass is 1040 g/mol. The zero-order valence-electron chi connectivity index (χ0n) is 38.0. The van der Waals surface area contributed by atoms with E-state index in [4.69, 9.17) is 9.97 Å². The second-order valence-corrected chi connectivity index (χ2v) is 22.1. The lowest BCUT2D eigenvalue weighted by molar-refractivity contribution is 0.713. The van der Waals surface area contributed by atoms with Crippen molar-refractivity contribution in [3.05, 3.63) is 253 Å². The van der Waals surface area contributed by atoms with E-state index < -0.39 is 5.41 Å². The molecule has 2 aliphatic heterocycles. The summed E-state index contributed by atoms with van der Waals surface area (Å²) in [4.78, 5) is 12.9. The predicted molar refractivity (Wildman–Crippen MR) is 304 cm³/mol. The van der Waals surface area contributed by atoms with Gasteiger partial charge in [-0.15, -0.1) is 0 Å². The number of pyridine rings is 2. The van der Waals surface area contributed by atoms with Crippen LogP contribution in [0.1, 0.15) is 22.4 Å². The molecule has 7 heterocycles. The number of para-hydroxylation sites is 5. The lowest BCUT2D eigenvalue weighted by Crippen LogP contribution is -2.33. The maximum absolute atomic E-state index is 5.19. The molecule has 0 bridgehead atoms. The van der Waals surface area contributed by atoms with Crippen LogP contribution in [0.2, 0.25) is 0 Å². The van der Waals surface area contributed by atoms with Gasteiger partial charge in [-0.3, -0.25) is 9.55 Å². The topological polar surface area (TPSA) is 40.6 Å². The maximum atomic E-state index is 5.19. The van der Waals surface area contributed by atoms with Crippen molar-refractivity contribution in [2.45, 2.75) is 15.2 Å². The van der Waals surface area contributed by atoms with Gasteiger partial charge in [-0.25, -0.2) is 4.98 Å². The van der Waals surface area contributed by atoms with Crippen LogP contribution in [0.3, 0.4) is 0 Å². The van der Waals surface area contributed by atoms with Crippen molar-refractivity contribution in [2.75, 3.05) is 0 Å². The van der Waals surface area contributed by atoms with Crippen LogP contribution in [0.4, 0.5) is 0 Å². The van der Waals surface area contributed by atoms with Gasteiger partial charge in [0.15, 0.2) is 5.82 Å². The summed E-state index contributed by atoms with van der Waals surface area (Å²) < 4.78 is 11.0. The van der Waals surface area contributed by atoms with Crippen molar-refractivity contribution >= 4 is 106 Å². The van der Waals surface area contributed by atoms with Gasteiger partial charge in [0, 0.05) is 63.8 Å². The molecule has 0 saturated heterocycles. The van der Waals surface area contributed by atoms with Gasteiger partial charge in [0.1, 0.15) is 0 Å². The van der Waals surface area contributed by atoms with Crippen molar-refractivity contribution in [2.24, 2.45) is 0 Å². The van der Waals surface area contributed by atoms with Gasteiger partial charge in [0.05, 0.1) is 49.9 Å². The molecule has 0 N–H and O–H groups in total. The Kier molecular flexibility index (Phi) is 8.36. The van der Waals surface area contributed by atoms with E-state index in [-0.39, 0.29) is 20.7 Å². The number of halogens is 1. The zero-order chi connectivity index (χ0) is 46.4. The van der Waals surface area contributed by atoms with Crippen molar-refractivity contribution in [3.63, 3.8) is 0 Å². The Morgan fingerprint density at radius 3 is 1.70 bits per heavy atom. The first-order valence-electron chi connectivity index (χ1n) is 24.0. The van der Waals surface area contributed by atoms with Crippen LogP contribution in [-0.4, -0.2) is 27.7 Å². The summed E-state index contributed by atoms with van der Waals surface area (Å²) in [5.74, 6) is 0.894. The first-order chi connectivity index (χ1) is 35.2. The Bertz CT molecular complexity index is 4480. The molecule has 13 aromatic rings. The molecule has 1 spiro atoms. The fourth-order valence-electron chi connectivity index (χ4n) is 12.3. The van der Waals surface area contributed by atoms with Crippen LogP contribution in [0, 0.1) is 0 Å². The summed E-state index contributed by atoms with van der Waals surface area (Å²) in [6.07, 6.45) is 8.59. The maximum Gasteiger partial charge on any atom is 0.162 e. The van der Waals surface area contributed by atoms with Gasteiger partial charge in [0.25, 0.3) is 0 Å². The molecule has 332 valence electrons. The van der Waals surface area contributed by atoms with Crippen LogP contribution in [0.25, 0.3) is 97.3 Å². The molecule has 3 aliphatic rings. The molecule has 8 aromatic carbocycles. The van der Waals surface area contributed by atoms with E-state index >= 15 is 0 Å². The van der Waals surface area contributed by atoms with Crippen LogP contribution < -0.4 is 0 Å². The van der Waals surface area contributed by atoms with E-state index in [9.17, 15) is 0 Å². The van der Waals surface area contributed by atoms with Crippen LogP contribution in [0.5, 0.6) is 0 Å². The lowest BCUT2D eigenvalue weighted by atomic mass is 9.66. The summed E-state index contributed by atoms with van der Waals surface area (Å²) in [5.41, 5.74) is 17.5. The smallest absolute Gasteiger partial charge is 0.162 e. The summed E-state index contributed by atoms with van der Waals surface area (Å²) >= 11 is 1.52. The van der Waals surface area contributed by atoms with Crippen molar-refractivity contribution in [1.82, 2.24) is 23.7 Å². The predicted octanol–water partition coefficient (Wildman–Crippen LogP) is 16.3. The third-order valence-corrected chi connectivity index (χ3v) is 18.8. The molecule has 0 saturated carbocycles. The van der Waals surface area contributed by atoms with Crippen LogP contribution >= 0.6 is 32.5 Å². The molecule has 71 heavy (non-hydrogen) atoms. The largest absolute Gasteiger partial charge is 0.309 e. The standard InChI is InChI=1S/C64H38IN5S/c1-6-21-52-42(14-1)43-15-2-7-22-53(43)68(52)41-29-32-59-51(38-41)64(49-19-11-33-65-61(49)62-50(64)20-12-34-66-62)48-30-27-40(37-60(48)71-59)39-28-31-57-47(36-39)46-18-5-10-25-56(46)70(57)63-58(26-13-35-67-63)69-54-23-8-3-16-44(54)45-17-4-9-24-55(45)69/h1-38H. The quantitative estimate of drug-likeness (QED) is 0.165. The molecular weight excluding hydrogens is 998 g/mol. The number of allylic oxidation sites excluding steroid dienone is 3. The van der Waals surface area contributed by atoms with E-state index in [1.54, 1.807) is 0 Å². The van der Waals surface area contributed by atoms with Gasteiger partial charge < -0.3 is 9.13 Å². The highest BCUT2D eigenvalue weighted by molar-refractivity contribution is 14.2. The highest BCUT2D eigenvalue weighted by Crippen LogP contribution is 2.64. The summed E-state index contributed by atoms with van der Waals surface area (Å²) in [6.45, 7) is 0. The normalized spacial score (nSPS) is 15.8. The molecule has 7 heteroatoms. The Morgan fingerprint density at radius 2 is 1.00 bits per heavy atom. The molecule has 0 amide bonds. The minimum atomic E-state index is -0.527. The SMILES string of the molecule is C1=CC2=C(I=C1)c1ncccc1C21c2ccc(-c3ccc4c(c3)c3ccccc3n4-c3ncccc3-n3c4ccccc4c4ccccc43)cc2Sc2ccc(-n3c4ccccc4c4ccccc43)cc21. The van der Waals surface area contributed by atoms with E-state index in [1.807, 2.05) is 24.2 Å². The number of benzene rings is 8. The van der Waals surface area contributed by atoms with Crippen molar-refractivity contribution < 1.29 is 0 Å². The Balaban J connectivity index is 0.885. The summed E-state index contributed by atoms with van der Waals surface area (Å²) in [6, 6.07) is 74.0. The minimum absolute atomic E-state index is 0.380. The van der Waals surface area contributed by atoms with E-state index in [0.29, 0.717) is 0 Å². The number of hydrogen-bond donors (Lipinski definition) is 0. The van der Waals surface area contributed by atoms with Gasteiger partial charge in [-0.05, 0) is 122 Å². The fraction of sp³-hybridized carbons (Fsp3) is 0.0156. The lowest BCUT2D eigenvalue weighted by Gasteiger charge is -2.40. The number of nitrogens with zero attached hydrogens (tertiary/aromatic N) is 5. The highest BCUT2D eigenvalue weighted by Gasteiger charge is 2.52. The van der Waals surface area contributed by atoms with E-state index in [2.05, 4.69) is 230 Å². The molecule has 1 atom stereocenters. The molecule has 0 radical (unpaired) electrons. The first kappa shape index (κ1) is 39.7. The fourth-order valence-corrected chi connectivity index (χ4v) is 16.0. The Labute approximate surface area is 422 Å². The van der Waals surface area contributed by atoms with Crippen molar-refractivity contribution in [3.8, 4) is 28.3 Å². The van der Waals surface area contributed by atoms with E-state index in [1.165, 1.54) is 95.8 Å². The van der Waals surface area contributed by atoms with Gasteiger partial charge in [0.2, 0.25) is 0 Å². The summed E-state index contributed by atoms with van der Waals surface area (Å²) in [7, 11) is 0. The third-order valence-electron chi connectivity index (χ3n) is 15.2. The number of hydrogen-bond acceptors (Lipinski definition) is 3.